The standard InChI is InChI=1S/C12H14O2S2/c1-9-4-6-10(7-5-9)11(13)8-12(15-2)16(3)14/h4-8H,1-3H3/b12-8+. The van der Waals surface area contributed by atoms with Crippen molar-refractivity contribution in [3.05, 3.63) is 45.7 Å². The molecule has 4 heteroatoms. The van der Waals surface area contributed by atoms with E-state index in [4.69, 9.17) is 0 Å². The van der Waals surface area contributed by atoms with Crippen LogP contribution in [0.25, 0.3) is 0 Å². The van der Waals surface area contributed by atoms with Crippen LogP contribution in [0.4, 0.5) is 0 Å². The summed E-state index contributed by atoms with van der Waals surface area (Å²) < 4.78 is 11.9. The fraction of sp³-hybridized carbons (Fsp3) is 0.250. The van der Waals surface area contributed by atoms with Crippen molar-refractivity contribution < 1.29 is 9.00 Å². The van der Waals surface area contributed by atoms with Crippen LogP contribution >= 0.6 is 11.8 Å². The van der Waals surface area contributed by atoms with Crippen LogP contribution in [-0.2, 0) is 10.8 Å². The number of rotatable bonds is 4. The number of hydrogen-bond acceptors (Lipinski definition) is 3. The van der Waals surface area contributed by atoms with Crippen LogP contribution in [0.2, 0.25) is 0 Å². The minimum atomic E-state index is -1.10. The van der Waals surface area contributed by atoms with Crippen molar-refractivity contribution in [1.29, 1.82) is 0 Å². The van der Waals surface area contributed by atoms with Crippen molar-refractivity contribution in [3.63, 3.8) is 0 Å². The first-order valence-electron chi connectivity index (χ1n) is 4.74. The molecule has 1 rings (SSSR count). The third-order valence-corrected chi connectivity index (χ3v) is 4.48. The van der Waals surface area contributed by atoms with E-state index in [-0.39, 0.29) is 5.78 Å². The molecule has 1 atom stereocenters. The quantitative estimate of drug-likeness (QED) is 0.612. The Kier molecular flexibility index (Phi) is 4.96. The van der Waals surface area contributed by atoms with Crippen LogP contribution in [-0.4, -0.2) is 22.5 Å². The minimum absolute atomic E-state index is 0.0976. The van der Waals surface area contributed by atoms with E-state index in [0.29, 0.717) is 9.80 Å². The van der Waals surface area contributed by atoms with Crippen LogP contribution in [0, 0.1) is 6.92 Å². The van der Waals surface area contributed by atoms with Crippen molar-refractivity contribution in [1.82, 2.24) is 0 Å². The zero-order chi connectivity index (χ0) is 12.1. The van der Waals surface area contributed by atoms with Gasteiger partial charge in [0.25, 0.3) is 0 Å². The topological polar surface area (TPSA) is 34.1 Å². The van der Waals surface area contributed by atoms with E-state index in [2.05, 4.69) is 0 Å². The van der Waals surface area contributed by atoms with Gasteiger partial charge in [0.05, 0.1) is 15.0 Å². The van der Waals surface area contributed by atoms with Crippen molar-refractivity contribution in [2.24, 2.45) is 0 Å². The lowest BCUT2D eigenvalue weighted by atomic mass is 10.1. The lowest BCUT2D eigenvalue weighted by Crippen LogP contribution is -1.98. The first-order chi connectivity index (χ1) is 7.54. The van der Waals surface area contributed by atoms with Gasteiger partial charge in [-0.25, -0.2) is 0 Å². The summed E-state index contributed by atoms with van der Waals surface area (Å²) in [5, 5.41) is 0. The Morgan fingerprint density at radius 1 is 1.31 bits per heavy atom. The second-order valence-corrected chi connectivity index (χ2v) is 5.81. The first kappa shape index (κ1) is 13.2. The van der Waals surface area contributed by atoms with E-state index in [9.17, 15) is 9.00 Å². The molecular weight excluding hydrogens is 240 g/mol. The van der Waals surface area contributed by atoms with Crippen molar-refractivity contribution in [2.75, 3.05) is 12.5 Å². The largest absolute Gasteiger partial charge is 0.289 e. The first-order valence-corrected chi connectivity index (χ1v) is 7.53. The van der Waals surface area contributed by atoms with Gasteiger partial charge in [-0.1, -0.05) is 29.8 Å². The van der Waals surface area contributed by atoms with Gasteiger partial charge in [-0.15, -0.1) is 11.8 Å². The van der Waals surface area contributed by atoms with Gasteiger partial charge in [-0.05, 0) is 13.2 Å². The summed E-state index contributed by atoms with van der Waals surface area (Å²) in [6.45, 7) is 1.97. The minimum Gasteiger partial charge on any atom is -0.289 e. The summed E-state index contributed by atoms with van der Waals surface area (Å²) in [5.74, 6) is -0.0976. The van der Waals surface area contributed by atoms with E-state index < -0.39 is 10.8 Å². The molecule has 0 fully saturated rings. The second kappa shape index (κ2) is 6.01. The van der Waals surface area contributed by atoms with Crippen LogP contribution in [0.15, 0.2) is 34.6 Å². The van der Waals surface area contributed by atoms with Gasteiger partial charge in [-0.3, -0.25) is 9.00 Å². The molecule has 1 unspecified atom stereocenters. The Balaban J connectivity index is 2.94. The van der Waals surface area contributed by atoms with Gasteiger partial charge in [0.1, 0.15) is 0 Å². The summed E-state index contributed by atoms with van der Waals surface area (Å²) in [6.07, 6.45) is 4.84. The molecule has 2 nitrogen and oxygen atoms in total. The van der Waals surface area contributed by atoms with Crippen LogP contribution in [0.3, 0.4) is 0 Å². The number of allylic oxidation sites excluding steroid dienone is 1. The predicted molar refractivity (Wildman–Crippen MR) is 71.2 cm³/mol. The molecule has 0 aliphatic rings. The van der Waals surface area contributed by atoms with Crippen LogP contribution in [0.1, 0.15) is 15.9 Å². The molecule has 1 aromatic rings. The lowest BCUT2D eigenvalue weighted by molar-refractivity contribution is 0.104. The highest BCUT2D eigenvalue weighted by Crippen LogP contribution is 2.16. The van der Waals surface area contributed by atoms with E-state index >= 15 is 0 Å². The molecule has 0 amide bonds. The molecule has 0 aliphatic carbocycles. The molecule has 0 aliphatic heterocycles. The molecule has 1 aromatic carbocycles. The number of carbonyl (C=O) groups excluding carboxylic acids is 1. The zero-order valence-electron chi connectivity index (χ0n) is 9.52. The fourth-order valence-corrected chi connectivity index (χ4v) is 2.60. The number of benzene rings is 1. The van der Waals surface area contributed by atoms with E-state index in [1.165, 1.54) is 17.8 Å². The maximum absolute atomic E-state index is 11.8. The van der Waals surface area contributed by atoms with Gasteiger partial charge >= 0.3 is 0 Å². The number of aryl methyl sites for hydroxylation is 1. The molecule has 0 saturated carbocycles. The molecule has 0 heterocycles. The van der Waals surface area contributed by atoms with Crippen LogP contribution in [0.5, 0.6) is 0 Å². The normalized spacial score (nSPS) is 13.6. The maximum atomic E-state index is 11.8. The molecule has 0 bridgehead atoms. The fourth-order valence-electron chi connectivity index (χ4n) is 1.17. The predicted octanol–water partition coefficient (Wildman–Crippen LogP) is 2.76. The third-order valence-electron chi connectivity index (χ3n) is 2.07. The number of ketones is 1. The highest BCUT2D eigenvalue weighted by Gasteiger charge is 2.06. The molecule has 0 radical (unpaired) electrons. The van der Waals surface area contributed by atoms with Gasteiger partial charge < -0.3 is 0 Å². The molecule has 0 N–H and O–H groups in total. The SMILES string of the molecule is CS/C(=C\C(=O)c1ccc(C)cc1)S(C)=O. The highest BCUT2D eigenvalue weighted by atomic mass is 32.2. The number of hydrogen-bond donors (Lipinski definition) is 0. The average Bonchev–Trinajstić information content (AvgIpc) is 2.26. The second-order valence-electron chi connectivity index (χ2n) is 3.35. The summed E-state index contributed by atoms with van der Waals surface area (Å²) in [5.41, 5.74) is 1.74. The zero-order valence-corrected chi connectivity index (χ0v) is 11.2. The average molecular weight is 254 g/mol. The van der Waals surface area contributed by atoms with Gasteiger partial charge in [0.15, 0.2) is 5.78 Å². The summed E-state index contributed by atoms with van der Waals surface area (Å²) in [4.78, 5) is 11.8. The third kappa shape index (κ3) is 3.61. The lowest BCUT2D eigenvalue weighted by Gasteiger charge is -2.00. The Bertz CT molecular complexity index is 433. The van der Waals surface area contributed by atoms with Crippen molar-refractivity contribution in [2.45, 2.75) is 6.92 Å². The molecular formula is C12H14O2S2. The van der Waals surface area contributed by atoms with Crippen LogP contribution < -0.4 is 0 Å². The number of thioether (sulfide) groups is 1. The van der Waals surface area contributed by atoms with Gasteiger partial charge in [-0.2, -0.15) is 0 Å². The molecule has 86 valence electrons. The van der Waals surface area contributed by atoms with Crippen molar-refractivity contribution >= 4 is 28.3 Å². The molecule has 0 spiro atoms. The maximum Gasteiger partial charge on any atom is 0.187 e. The molecule has 16 heavy (non-hydrogen) atoms. The van der Waals surface area contributed by atoms with E-state index in [1.54, 1.807) is 18.4 Å². The van der Waals surface area contributed by atoms with Gasteiger partial charge in [0, 0.05) is 17.9 Å². The molecule has 0 saturated heterocycles. The Morgan fingerprint density at radius 2 is 1.88 bits per heavy atom. The summed E-state index contributed by atoms with van der Waals surface area (Å²) >= 11 is 1.34. The Hall–Kier alpha value is -0.870. The van der Waals surface area contributed by atoms with E-state index in [0.717, 1.165) is 5.56 Å². The molecule has 0 aromatic heterocycles. The van der Waals surface area contributed by atoms with E-state index in [1.807, 2.05) is 25.3 Å². The Morgan fingerprint density at radius 3 is 2.31 bits per heavy atom. The summed E-state index contributed by atoms with van der Waals surface area (Å²) in [7, 11) is -1.10. The van der Waals surface area contributed by atoms with Gasteiger partial charge in [0.2, 0.25) is 0 Å². The summed E-state index contributed by atoms with van der Waals surface area (Å²) in [6, 6.07) is 7.35. The number of carbonyl (C=O) groups is 1. The monoisotopic (exact) mass is 254 g/mol. The smallest absolute Gasteiger partial charge is 0.187 e. The van der Waals surface area contributed by atoms with Crippen molar-refractivity contribution in [3.8, 4) is 0 Å². The Labute approximate surface area is 103 Å². The highest BCUT2D eigenvalue weighted by molar-refractivity contribution is 8.15.